The Balaban J connectivity index is 2.31. The Labute approximate surface area is 115 Å². The first-order chi connectivity index (χ1) is 8.56. The molecule has 0 saturated carbocycles. The van der Waals surface area contributed by atoms with Crippen molar-refractivity contribution in [3.8, 4) is 11.5 Å². The van der Waals surface area contributed by atoms with E-state index in [1.54, 1.807) is 6.92 Å². The third-order valence-electron chi connectivity index (χ3n) is 2.67. The Hall–Kier alpha value is -1.32. The number of halogens is 1. The Kier molecular flexibility index (Phi) is 4.04. The van der Waals surface area contributed by atoms with Crippen LogP contribution in [0.15, 0.2) is 46.9 Å². The van der Waals surface area contributed by atoms with Crippen LogP contribution in [0.4, 0.5) is 0 Å². The van der Waals surface area contributed by atoms with Gasteiger partial charge in [0.2, 0.25) is 0 Å². The largest absolute Gasteiger partial charge is 0.457 e. The summed E-state index contributed by atoms with van der Waals surface area (Å²) in [6.45, 7) is 3.76. The minimum absolute atomic E-state index is 0.567. The summed E-state index contributed by atoms with van der Waals surface area (Å²) in [5, 5.41) is 9.75. The second-order valence-electron chi connectivity index (χ2n) is 4.27. The number of ether oxygens (including phenoxy) is 1. The molecule has 0 aliphatic carbocycles. The molecule has 1 N–H and O–H groups in total. The Morgan fingerprint density at radius 3 is 2.39 bits per heavy atom. The summed E-state index contributed by atoms with van der Waals surface area (Å²) in [4.78, 5) is 0. The van der Waals surface area contributed by atoms with Crippen LogP contribution in [0.5, 0.6) is 11.5 Å². The first-order valence-corrected chi connectivity index (χ1v) is 6.57. The van der Waals surface area contributed by atoms with Gasteiger partial charge in [0.15, 0.2) is 0 Å². The van der Waals surface area contributed by atoms with E-state index in [2.05, 4.69) is 15.9 Å². The topological polar surface area (TPSA) is 29.5 Å². The summed E-state index contributed by atoms with van der Waals surface area (Å²) in [5.41, 5.74) is 1.96. The van der Waals surface area contributed by atoms with Gasteiger partial charge in [0.1, 0.15) is 11.5 Å². The van der Waals surface area contributed by atoms with Gasteiger partial charge in [-0.2, -0.15) is 0 Å². The Bertz CT molecular complexity index is 533. The molecule has 0 aromatic heterocycles. The van der Waals surface area contributed by atoms with Crippen molar-refractivity contribution in [3.63, 3.8) is 0 Å². The predicted molar refractivity (Wildman–Crippen MR) is 76.0 cm³/mol. The van der Waals surface area contributed by atoms with E-state index >= 15 is 0 Å². The lowest BCUT2D eigenvalue weighted by molar-refractivity contribution is 0.195. The fourth-order valence-electron chi connectivity index (χ4n) is 1.67. The first-order valence-electron chi connectivity index (χ1n) is 5.78. The normalized spacial score (nSPS) is 12.2. The van der Waals surface area contributed by atoms with E-state index in [-0.39, 0.29) is 0 Å². The predicted octanol–water partition coefficient (Wildman–Crippen LogP) is 4.60. The lowest BCUT2D eigenvalue weighted by atomic mass is 10.1. The molecule has 0 aliphatic rings. The molecule has 0 fully saturated rings. The third-order valence-corrected chi connectivity index (χ3v) is 3.16. The van der Waals surface area contributed by atoms with Gasteiger partial charge in [-0.3, -0.25) is 0 Å². The quantitative estimate of drug-likeness (QED) is 0.897. The van der Waals surface area contributed by atoms with Crippen LogP contribution in [0.25, 0.3) is 0 Å². The van der Waals surface area contributed by atoms with Crippen LogP contribution in [0, 0.1) is 6.92 Å². The summed E-state index contributed by atoms with van der Waals surface area (Å²) in [7, 11) is 0. The SMILES string of the molecule is Cc1ccc(Oc2ccc(Br)cc2C(C)O)cc1. The molecule has 1 atom stereocenters. The van der Waals surface area contributed by atoms with E-state index in [9.17, 15) is 5.11 Å². The molecular formula is C15H15BrO2. The maximum atomic E-state index is 9.75. The van der Waals surface area contributed by atoms with Crippen LogP contribution >= 0.6 is 15.9 Å². The van der Waals surface area contributed by atoms with Gasteiger partial charge in [-0.1, -0.05) is 33.6 Å². The number of rotatable bonds is 3. The number of aliphatic hydroxyl groups excluding tert-OH is 1. The van der Waals surface area contributed by atoms with Crippen molar-refractivity contribution < 1.29 is 9.84 Å². The molecule has 0 radical (unpaired) electrons. The average molecular weight is 307 g/mol. The van der Waals surface area contributed by atoms with Crippen molar-refractivity contribution >= 4 is 15.9 Å². The highest BCUT2D eigenvalue weighted by molar-refractivity contribution is 9.10. The molecular weight excluding hydrogens is 292 g/mol. The molecule has 3 heteroatoms. The van der Waals surface area contributed by atoms with Gasteiger partial charge in [0, 0.05) is 10.0 Å². The van der Waals surface area contributed by atoms with Crippen molar-refractivity contribution in [3.05, 3.63) is 58.1 Å². The molecule has 2 aromatic carbocycles. The van der Waals surface area contributed by atoms with Crippen LogP contribution in [0.3, 0.4) is 0 Å². The summed E-state index contributed by atoms with van der Waals surface area (Å²) in [6, 6.07) is 13.5. The number of aliphatic hydroxyl groups is 1. The van der Waals surface area contributed by atoms with Crippen LogP contribution < -0.4 is 4.74 Å². The number of aryl methyl sites for hydroxylation is 1. The minimum atomic E-state index is -0.567. The first kappa shape index (κ1) is 13.1. The van der Waals surface area contributed by atoms with Gasteiger partial charge in [-0.15, -0.1) is 0 Å². The highest BCUT2D eigenvalue weighted by Gasteiger charge is 2.10. The van der Waals surface area contributed by atoms with Crippen LogP contribution in [0.1, 0.15) is 24.2 Å². The molecule has 2 nitrogen and oxygen atoms in total. The van der Waals surface area contributed by atoms with Gasteiger partial charge < -0.3 is 9.84 Å². The Morgan fingerprint density at radius 2 is 1.78 bits per heavy atom. The van der Waals surface area contributed by atoms with Crippen molar-refractivity contribution in [1.82, 2.24) is 0 Å². The molecule has 0 aliphatic heterocycles. The maximum absolute atomic E-state index is 9.75. The third kappa shape index (κ3) is 3.12. The molecule has 0 amide bonds. The molecule has 0 bridgehead atoms. The van der Waals surface area contributed by atoms with Crippen LogP contribution in [0.2, 0.25) is 0 Å². The lowest BCUT2D eigenvalue weighted by Crippen LogP contribution is -1.96. The monoisotopic (exact) mass is 306 g/mol. The zero-order chi connectivity index (χ0) is 13.1. The van der Waals surface area contributed by atoms with Crippen molar-refractivity contribution in [1.29, 1.82) is 0 Å². The van der Waals surface area contributed by atoms with E-state index in [1.807, 2.05) is 49.4 Å². The van der Waals surface area contributed by atoms with E-state index < -0.39 is 6.10 Å². The molecule has 0 saturated heterocycles. The molecule has 2 aromatic rings. The molecule has 2 rings (SSSR count). The van der Waals surface area contributed by atoms with E-state index in [4.69, 9.17) is 4.74 Å². The second-order valence-corrected chi connectivity index (χ2v) is 5.19. The fourth-order valence-corrected chi connectivity index (χ4v) is 2.05. The van der Waals surface area contributed by atoms with Crippen molar-refractivity contribution in [2.24, 2.45) is 0 Å². The zero-order valence-corrected chi connectivity index (χ0v) is 11.9. The molecule has 94 valence electrons. The van der Waals surface area contributed by atoms with Gasteiger partial charge in [0.05, 0.1) is 6.10 Å². The van der Waals surface area contributed by atoms with E-state index in [1.165, 1.54) is 5.56 Å². The van der Waals surface area contributed by atoms with Gasteiger partial charge in [-0.05, 0) is 44.2 Å². The summed E-state index contributed by atoms with van der Waals surface area (Å²) in [6.07, 6.45) is -0.567. The highest BCUT2D eigenvalue weighted by atomic mass is 79.9. The fraction of sp³-hybridized carbons (Fsp3) is 0.200. The summed E-state index contributed by atoms with van der Waals surface area (Å²) < 4.78 is 6.73. The number of benzene rings is 2. The minimum Gasteiger partial charge on any atom is -0.457 e. The number of hydrogen-bond acceptors (Lipinski definition) is 2. The van der Waals surface area contributed by atoms with Gasteiger partial charge in [-0.25, -0.2) is 0 Å². The smallest absolute Gasteiger partial charge is 0.133 e. The molecule has 0 heterocycles. The molecule has 0 spiro atoms. The van der Waals surface area contributed by atoms with Crippen molar-refractivity contribution in [2.45, 2.75) is 20.0 Å². The van der Waals surface area contributed by atoms with Crippen LogP contribution in [-0.4, -0.2) is 5.11 Å². The number of hydrogen-bond donors (Lipinski definition) is 1. The average Bonchev–Trinajstić information content (AvgIpc) is 2.34. The van der Waals surface area contributed by atoms with E-state index in [0.29, 0.717) is 5.75 Å². The Morgan fingerprint density at radius 1 is 1.11 bits per heavy atom. The summed E-state index contributed by atoms with van der Waals surface area (Å²) in [5.74, 6) is 1.45. The zero-order valence-electron chi connectivity index (χ0n) is 10.4. The molecule has 18 heavy (non-hydrogen) atoms. The van der Waals surface area contributed by atoms with Crippen molar-refractivity contribution in [2.75, 3.05) is 0 Å². The van der Waals surface area contributed by atoms with Gasteiger partial charge >= 0.3 is 0 Å². The van der Waals surface area contributed by atoms with Gasteiger partial charge in [0.25, 0.3) is 0 Å². The lowest BCUT2D eigenvalue weighted by Gasteiger charge is -2.13. The maximum Gasteiger partial charge on any atom is 0.133 e. The van der Waals surface area contributed by atoms with Crippen LogP contribution in [-0.2, 0) is 0 Å². The second kappa shape index (κ2) is 5.55. The summed E-state index contributed by atoms with van der Waals surface area (Å²) >= 11 is 3.39. The van der Waals surface area contributed by atoms with E-state index in [0.717, 1.165) is 15.8 Å². The standard InChI is InChI=1S/C15H15BrO2/c1-10-3-6-13(7-4-10)18-15-8-5-12(16)9-14(15)11(2)17/h3-9,11,17H,1-2H3. The highest BCUT2D eigenvalue weighted by Crippen LogP contribution is 2.32. The molecule has 1 unspecified atom stereocenters.